The number of amides is 2. The number of nitrogens with zero attached hydrogens (tertiary/aromatic N) is 11. The number of benzene rings is 1. The van der Waals surface area contributed by atoms with Gasteiger partial charge in [0.05, 0.1) is 30.0 Å². The van der Waals surface area contributed by atoms with Crippen molar-refractivity contribution in [2.24, 2.45) is 5.92 Å². The van der Waals surface area contributed by atoms with Gasteiger partial charge >= 0.3 is 0 Å². The third-order valence-electron chi connectivity index (χ3n) is 13.6. The fraction of sp³-hybridized carbons (Fsp3) is 0.490. The fourth-order valence-electron chi connectivity index (χ4n) is 10.0. The summed E-state index contributed by atoms with van der Waals surface area (Å²) >= 11 is 1.47. The first kappa shape index (κ1) is 47.4. The number of imidazole rings is 1. The number of aliphatic hydroxyl groups is 1. The number of hydrogen-bond donors (Lipinski definition) is 3. The first-order chi connectivity index (χ1) is 33.4. The van der Waals surface area contributed by atoms with Crippen LogP contribution in [0.3, 0.4) is 0 Å². The van der Waals surface area contributed by atoms with Gasteiger partial charge in [0.1, 0.15) is 28.7 Å². The van der Waals surface area contributed by atoms with Crippen molar-refractivity contribution in [1.82, 2.24) is 49.9 Å². The second kappa shape index (κ2) is 20.5. The highest BCUT2D eigenvalue weighted by molar-refractivity contribution is 7.16. The molecule has 0 radical (unpaired) electrons. The van der Waals surface area contributed by atoms with E-state index in [1.165, 1.54) is 16.2 Å². The van der Waals surface area contributed by atoms with Crippen LogP contribution < -0.4 is 20.7 Å². The van der Waals surface area contributed by atoms with Gasteiger partial charge in [-0.05, 0) is 100 Å². The van der Waals surface area contributed by atoms with E-state index in [-0.39, 0.29) is 43.3 Å². The Kier molecular flexibility index (Phi) is 14.1. The zero-order chi connectivity index (χ0) is 48.2. The lowest BCUT2D eigenvalue weighted by atomic mass is 9.72. The number of nitriles is 1. The Morgan fingerprint density at radius 2 is 1.93 bits per heavy atom. The van der Waals surface area contributed by atoms with Crippen LogP contribution in [0, 0.1) is 17.2 Å². The minimum Gasteiger partial charge on any atom is -0.476 e. The first-order valence-corrected chi connectivity index (χ1v) is 24.6. The number of nitrogen functional groups attached to an aromatic ring is 1. The van der Waals surface area contributed by atoms with Gasteiger partial charge in [0.2, 0.25) is 29.5 Å². The molecule has 2 fully saturated rings. The lowest BCUT2D eigenvalue weighted by Crippen LogP contribution is -2.48. The van der Waals surface area contributed by atoms with Crippen molar-refractivity contribution in [2.75, 3.05) is 50.0 Å². The molecule has 5 aromatic heterocycles. The highest BCUT2D eigenvalue weighted by Crippen LogP contribution is 2.48. The predicted octanol–water partition coefficient (Wildman–Crippen LogP) is 5.64. The van der Waals surface area contributed by atoms with Gasteiger partial charge in [-0.25, -0.2) is 15.0 Å². The summed E-state index contributed by atoms with van der Waals surface area (Å²) < 4.78 is 19.5. The SMILES string of the molecule is CC(C)C(C(=O)N1C[C@H](O)C[C@H]1C(=O)NCc1ccc(-n2ccnc2)cc1)c1cc(OCCCCN2CCCN(c3nccc(-c4noc([C@@]5(C)CCCc6sc(N)c(C#N)c65)n4)n3)[C@@H](C)C2)no1. The minimum absolute atomic E-state index is 0.0507. The molecule has 1 unspecified atom stereocenters. The Morgan fingerprint density at radius 1 is 1.09 bits per heavy atom. The van der Waals surface area contributed by atoms with Crippen LogP contribution in [0.4, 0.5) is 10.9 Å². The normalized spacial score (nSPS) is 21.2. The van der Waals surface area contributed by atoms with E-state index in [2.05, 4.69) is 55.3 Å². The van der Waals surface area contributed by atoms with Crippen LogP contribution in [0.25, 0.3) is 17.2 Å². The molecule has 1 aliphatic carbocycles. The molecule has 3 aliphatic rings. The number of carbonyl (C=O) groups excluding carboxylic acids is 2. The highest BCUT2D eigenvalue weighted by Gasteiger charge is 2.44. The zero-order valence-electron chi connectivity index (χ0n) is 39.5. The van der Waals surface area contributed by atoms with Crippen molar-refractivity contribution >= 4 is 34.1 Å². The number of nitrogens with one attached hydrogen (secondary N) is 1. The summed E-state index contributed by atoms with van der Waals surface area (Å²) in [5.74, 6) is 0.577. The third kappa shape index (κ3) is 10.1. The van der Waals surface area contributed by atoms with Crippen molar-refractivity contribution in [3.05, 3.63) is 94.5 Å². The molecule has 0 spiro atoms. The number of hydrogen-bond acceptors (Lipinski definition) is 17. The number of aromatic nitrogens is 7. The fourth-order valence-corrected chi connectivity index (χ4v) is 11.2. The lowest BCUT2D eigenvalue weighted by molar-refractivity contribution is -0.141. The van der Waals surface area contributed by atoms with Crippen LogP contribution in [0.2, 0.25) is 0 Å². The molecule has 362 valence electrons. The quantitative estimate of drug-likeness (QED) is 0.0995. The number of aryl methyl sites for hydroxylation is 1. The Morgan fingerprint density at radius 3 is 2.71 bits per heavy atom. The summed E-state index contributed by atoms with van der Waals surface area (Å²) in [5.41, 5.74) is 9.46. The average molecular weight is 958 g/mol. The number of ether oxygens (including phenoxy) is 1. The number of β-amino-alcohol motifs (C(OH)–C–C–N with tert-alkyl or cyclic N) is 1. The number of anilines is 2. The van der Waals surface area contributed by atoms with Crippen molar-refractivity contribution in [3.63, 3.8) is 0 Å². The Hall–Kier alpha value is -6.69. The van der Waals surface area contributed by atoms with Crippen LogP contribution in [0.1, 0.15) is 105 Å². The number of carbonyl (C=O) groups is 2. The topological polar surface area (TPSA) is 244 Å². The molecule has 2 amide bonds. The largest absolute Gasteiger partial charge is 0.476 e. The van der Waals surface area contributed by atoms with Crippen molar-refractivity contribution < 1.29 is 28.5 Å². The van der Waals surface area contributed by atoms with E-state index in [1.54, 1.807) is 30.9 Å². The van der Waals surface area contributed by atoms with E-state index in [0.29, 0.717) is 52.2 Å². The maximum Gasteiger partial charge on any atom is 0.254 e. The number of thiophene rings is 1. The third-order valence-corrected chi connectivity index (χ3v) is 14.7. The van der Waals surface area contributed by atoms with Gasteiger partial charge in [0.15, 0.2) is 5.76 Å². The molecule has 1 aromatic carbocycles. The molecule has 2 saturated heterocycles. The van der Waals surface area contributed by atoms with E-state index in [4.69, 9.17) is 29.5 Å². The van der Waals surface area contributed by atoms with Crippen LogP contribution in [0.15, 0.2) is 70.4 Å². The molecular formula is C49H59N13O6S. The second-order valence-electron chi connectivity index (χ2n) is 18.9. The summed E-state index contributed by atoms with van der Waals surface area (Å²) in [6.07, 6.45) is 11.6. The van der Waals surface area contributed by atoms with Gasteiger partial charge in [-0.3, -0.25) is 9.59 Å². The monoisotopic (exact) mass is 957 g/mol. The molecule has 7 heterocycles. The average Bonchev–Trinajstić information content (AvgIpc) is 4.21. The molecule has 0 bridgehead atoms. The number of rotatable bonds is 16. The van der Waals surface area contributed by atoms with Gasteiger partial charge in [-0.15, -0.1) is 11.3 Å². The number of nitrogens with two attached hydrogens (primary N) is 1. The molecule has 19 nitrogen and oxygen atoms in total. The van der Waals surface area contributed by atoms with Crippen molar-refractivity contribution in [1.29, 1.82) is 5.26 Å². The highest BCUT2D eigenvalue weighted by atomic mass is 32.1. The molecule has 5 atom stereocenters. The van der Waals surface area contributed by atoms with Crippen LogP contribution in [0.5, 0.6) is 5.88 Å². The van der Waals surface area contributed by atoms with E-state index in [9.17, 15) is 20.0 Å². The van der Waals surface area contributed by atoms with Crippen molar-refractivity contribution in [2.45, 2.75) is 109 Å². The zero-order valence-corrected chi connectivity index (χ0v) is 40.3. The summed E-state index contributed by atoms with van der Waals surface area (Å²) in [6, 6.07) is 12.8. The van der Waals surface area contributed by atoms with Crippen molar-refractivity contribution in [3.8, 4) is 29.2 Å². The summed E-state index contributed by atoms with van der Waals surface area (Å²) in [7, 11) is 0. The molecule has 2 aliphatic heterocycles. The summed E-state index contributed by atoms with van der Waals surface area (Å²) in [5, 5.41) is 32.5. The number of aliphatic hydroxyl groups excluding tert-OH is 1. The maximum atomic E-state index is 14.1. The Bertz CT molecular complexity index is 2760. The van der Waals surface area contributed by atoms with Gasteiger partial charge in [0, 0.05) is 79.4 Å². The van der Waals surface area contributed by atoms with Crippen LogP contribution >= 0.6 is 11.3 Å². The van der Waals surface area contributed by atoms with Gasteiger partial charge in [-0.1, -0.05) is 31.1 Å². The Balaban J connectivity index is 0.744. The number of fused-ring (bicyclic) bond motifs is 1. The summed E-state index contributed by atoms with van der Waals surface area (Å²) in [4.78, 5) is 53.4. The molecule has 6 aromatic rings. The Labute approximate surface area is 404 Å². The molecule has 9 rings (SSSR count). The maximum absolute atomic E-state index is 14.1. The molecular weight excluding hydrogens is 899 g/mol. The van der Waals surface area contributed by atoms with Gasteiger partial charge in [0.25, 0.3) is 5.88 Å². The molecule has 0 saturated carbocycles. The lowest BCUT2D eigenvalue weighted by Gasteiger charge is -2.30. The molecule has 20 heteroatoms. The number of unbranched alkanes of at least 4 members (excludes halogenated alkanes) is 1. The summed E-state index contributed by atoms with van der Waals surface area (Å²) in [6.45, 7) is 12.3. The number of likely N-dealkylation sites (tertiary alicyclic amines) is 1. The minimum atomic E-state index is -0.823. The van der Waals surface area contributed by atoms with Gasteiger partial charge < -0.3 is 49.2 Å². The van der Waals surface area contributed by atoms with Crippen LogP contribution in [-0.2, 0) is 28.0 Å². The predicted molar refractivity (Wildman–Crippen MR) is 256 cm³/mol. The second-order valence-corrected chi connectivity index (χ2v) is 20.0. The van der Waals surface area contributed by atoms with Gasteiger partial charge in [-0.2, -0.15) is 10.2 Å². The van der Waals surface area contributed by atoms with E-state index >= 15 is 0 Å². The van der Waals surface area contributed by atoms with E-state index < -0.39 is 23.5 Å². The van der Waals surface area contributed by atoms with Crippen LogP contribution in [-0.4, -0.2) is 119 Å². The standard InChI is InChI=1S/C49H59N13O6S/c1-30(2)41(46(65)62-28-34(63)23-37(62)45(64)54-26-32-10-12-33(13-11-32)60-21-17-52-29-60)38-24-40(57-67-38)66-22-6-5-18-59-19-8-20-61(31(3)27-59)48-53-16-14-36(55-48)44-56-47(68-58-44)49(4)15-7-9-39-42(49)35(25-50)43(51)69-39/h10-14,16-17,21,24,29-31,34,37,41,63H,5-9,15,18-20,22-23,26-28,51H2,1-4H3,(H,54,64)/t31-,34+,37-,41?,49-/m0/s1. The molecule has 69 heavy (non-hydrogen) atoms. The molecule has 4 N–H and O–H groups in total. The smallest absolute Gasteiger partial charge is 0.254 e. The first-order valence-electron chi connectivity index (χ1n) is 23.8. The van der Waals surface area contributed by atoms with E-state index in [0.717, 1.165) is 86.4 Å². The van der Waals surface area contributed by atoms with E-state index in [1.807, 2.05) is 48.9 Å².